The van der Waals surface area contributed by atoms with E-state index in [2.05, 4.69) is 0 Å². The number of hydrogen-bond acceptors (Lipinski definition) is 1. The number of amides is 1. The van der Waals surface area contributed by atoms with Gasteiger partial charge in [-0.05, 0) is 23.8 Å². The number of nitrogens with zero attached hydrogens (tertiary/aromatic N) is 1. The molecule has 1 N–H and O–H groups in total. The van der Waals surface area contributed by atoms with Crippen LogP contribution in [0.2, 0.25) is 10.0 Å². The van der Waals surface area contributed by atoms with E-state index in [0.717, 1.165) is 4.90 Å². The molecule has 0 aromatic heterocycles. The lowest BCUT2D eigenvalue weighted by molar-refractivity contribution is 0.154. The Labute approximate surface area is 91.8 Å². The first-order valence-electron chi connectivity index (χ1n) is 3.88. The van der Waals surface area contributed by atoms with Gasteiger partial charge in [-0.2, -0.15) is 0 Å². The van der Waals surface area contributed by atoms with E-state index in [9.17, 15) is 4.79 Å². The van der Waals surface area contributed by atoms with Gasteiger partial charge in [-0.1, -0.05) is 23.2 Å². The van der Waals surface area contributed by atoms with Gasteiger partial charge in [0.05, 0.1) is 6.54 Å². The van der Waals surface area contributed by atoms with Crippen LogP contribution in [0.4, 0.5) is 4.79 Å². The largest absolute Gasteiger partial charge is 0.465 e. The van der Waals surface area contributed by atoms with Crippen molar-refractivity contribution < 1.29 is 9.90 Å². The van der Waals surface area contributed by atoms with E-state index >= 15 is 0 Å². The lowest BCUT2D eigenvalue weighted by Crippen LogP contribution is -2.24. The number of carboxylic acid groups (broad SMARTS) is 1. The third-order valence-corrected chi connectivity index (χ3v) is 2.35. The molecule has 0 unspecified atom stereocenters. The highest BCUT2D eigenvalue weighted by molar-refractivity contribution is 6.33. The van der Waals surface area contributed by atoms with Crippen molar-refractivity contribution in [1.82, 2.24) is 4.90 Å². The summed E-state index contributed by atoms with van der Waals surface area (Å²) in [6, 6.07) is 4.96. The SMILES string of the molecule is CN(Cc1cc(Cl)ccc1Cl)C(=O)O. The topological polar surface area (TPSA) is 40.5 Å². The molecule has 0 aliphatic carbocycles. The average molecular weight is 234 g/mol. The van der Waals surface area contributed by atoms with E-state index in [1.165, 1.54) is 7.05 Å². The molecular formula is C9H9Cl2NO2. The van der Waals surface area contributed by atoms with Crippen molar-refractivity contribution >= 4 is 29.3 Å². The van der Waals surface area contributed by atoms with Gasteiger partial charge in [-0.15, -0.1) is 0 Å². The van der Waals surface area contributed by atoms with Crippen molar-refractivity contribution in [2.45, 2.75) is 6.54 Å². The smallest absolute Gasteiger partial charge is 0.407 e. The summed E-state index contributed by atoms with van der Waals surface area (Å²) in [5.41, 5.74) is 0.698. The summed E-state index contributed by atoms with van der Waals surface area (Å²) >= 11 is 11.6. The first kappa shape index (κ1) is 11.1. The highest BCUT2D eigenvalue weighted by Gasteiger charge is 2.09. The molecule has 0 bridgehead atoms. The van der Waals surface area contributed by atoms with Crippen molar-refractivity contribution in [1.29, 1.82) is 0 Å². The fourth-order valence-electron chi connectivity index (χ4n) is 0.988. The summed E-state index contributed by atoms with van der Waals surface area (Å²) in [6.07, 6.45) is -0.999. The van der Waals surface area contributed by atoms with Crippen LogP contribution in [0.3, 0.4) is 0 Å². The van der Waals surface area contributed by atoms with Crippen molar-refractivity contribution in [3.63, 3.8) is 0 Å². The molecule has 0 atom stereocenters. The van der Waals surface area contributed by atoms with Crippen LogP contribution in [0, 0.1) is 0 Å². The van der Waals surface area contributed by atoms with Crippen molar-refractivity contribution in [2.75, 3.05) is 7.05 Å². The summed E-state index contributed by atoms with van der Waals surface area (Å²) < 4.78 is 0. The molecule has 0 saturated carbocycles. The van der Waals surface area contributed by atoms with E-state index in [0.29, 0.717) is 15.6 Å². The molecule has 5 heteroatoms. The zero-order chi connectivity index (χ0) is 10.7. The second kappa shape index (κ2) is 4.53. The van der Waals surface area contributed by atoms with Crippen LogP contribution in [0.5, 0.6) is 0 Å². The Hall–Kier alpha value is -0.930. The Balaban J connectivity index is 2.85. The summed E-state index contributed by atoms with van der Waals surface area (Å²) in [5, 5.41) is 9.71. The number of benzene rings is 1. The molecule has 0 aliphatic rings. The first-order chi connectivity index (χ1) is 6.50. The highest BCUT2D eigenvalue weighted by Crippen LogP contribution is 2.21. The number of rotatable bonds is 2. The van der Waals surface area contributed by atoms with Crippen molar-refractivity contribution in [3.8, 4) is 0 Å². The minimum atomic E-state index is -0.999. The predicted octanol–water partition coefficient (Wildman–Crippen LogP) is 3.10. The van der Waals surface area contributed by atoms with Gasteiger partial charge in [-0.25, -0.2) is 4.79 Å². The van der Waals surface area contributed by atoms with Gasteiger partial charge >= 0.3 is 6.09 Å². The lowest BCUT2D eigenvalue weighted by Gasteiger charge is -2.13. The van der Waals surface area contributed by atoms with Crippen molar-refractivity contribution in [3.05, 3.63) is 33.8 Å². The summed E-state index contributed by atoms with van der Waals surface area (Å²) in [6.45, 7) is 0.231. The predicted molar refractivity (Wildman–Crippen MR) is 56.0 cm³/mol. The monoisotopic (exact) mass is 233 g/mol. The number of carbonyl (C=O) groups is 1. The maximum absolute atomic E-state index is 10.5. The van der Waals surface area contributed by atoms with Crippen LogP contribution < -0.4 is 0 Å². The third kappa shape index (κ3) is 2.79. The standard InChI is InChI=1S/C9H9Cl2NO2/c1-12(9(13)14)5-6-4-7(10)2-3-8(6)11/h2-4H,5H2,1H3,(H,13,14). The van der Waals surface area contributed by atoms with E-state index in [1.807, 2.05) is 0 Å². The molecule has 0 saturated heterocycles. The fourth-order valence-corrected chi connectivity index (χ4v) is 1.36. The Morgan fingerprint density at radius 1 is 1.50 bits per heavy atom. The Kier molecular flexibility index (Phi) is 3.61. The Morgan fingerprint density at radius 3 is 2.71 bits per heavy atom. The number of halogens is 2. The van der Waals surface area contributed by atoms with Crippen LogP contribution in [-0.4, -0.2) is 23.1 Å². The van der Waals surface area contributed by atoms with E-state index in [-0.39, 0.29) is 6.54 Å². The maximum atomic E-state index is 10.5. The second-order valence-corrected chi connectivity index (χ2v) is 3.72. The molecule has 0 heterocycles. The lowest BCUT2D eigenvalue weighted by atomic mass is 10.2. The molecule has 0 radical (unpaired) electrons. The molecule has 1 amide bonds. The molecule has 0 spiro atoms. The molecule has 1 aromatic rings. The van der Waals surface area contributed by atoms with Gasteiger partial charge in [0.25, 0.3) is 0 Å². The molecule has 0 aliphatic heterocycles. The van der Waals surface area contributed by atoms with Crippen LogP contribution in [-0.2, 0) is 6.54 Å². The number of hydrogen-bond donors (Lipinski definition) is 1. The first-order valence-corrected chi connectivity index (χ1v) is 4.64. The molecule has 3 nitrogen and oxygen atoms in total. The van der Waals surface area contributed by atoms with Gasteiger partial charge < -0.3 is 10.0 Å². The zero-order valence-corrected chi connectivity index (χ0v) is 9.01. The molecule has 76 valence electrons. The summed E-state index contributed by atoms with van der Waals surface area (Å²) in [4.78, 5) is 11.7. The quantitative estimate of drug-likeness (QED) is 0.853. The van der Waals surface area contributed by atoms with Crippen molar-refractivity contribution in [2.24, 2.45) is 0 Å². The zero-order valence-electron chi connectivity index (χ0n) is 7.50. The van der Waals surface area contributed by atoms with E-state index in [1.54, 1.807) is 18.2 Å². The summed E-state index contributed by atoms with van der Waals surface area (Å²) in [7, 11) is 1.47. The maximum Gasteiger partial charge on any atom is 0.407 e. The van der Waals surface area contributed by atoms with E-state index < -0.39 is 6.09 Å². The molecule has 1 rings (SSSR count). The minimum absolute atomic E-state index is 0.231. The minimum Gasteiger partial charge on any atom is -0.465 e. The third-order valence-electron chi connectivity index (χ3n) is 1.74. The van der Waals surface area contributed by atoms with Crippen LogP contribution in [0.15, 0.2) is 18.2 Å². The average Bonchev–Trinajstić information content (AvgIpc) is 2.11. The Bertz CT molecular complexity index is 355. The second-order valence-electron chi connectivity index (χ2n) is 2.87. The van der Waals surface area contributed by atoms with Crippen LogP contribution >= 0.6 is 23.2 Å². The van der Waals surface area contributed by atoms with Crippen LogP contribution in [0.1, 0.15) is 5.56 Å². The van der Waals surface area contributed by atoms with Gasteiger partial charge in [-0.3, -0.25) is 0 Å². The van der Waals surface area contributed by atoms with E-state index in [4.69, 9.17) is 28.3 Å². The van der Waals surface area contributed by atoms with Gasteiger partial charge in [0.15, 0.2) is 0 Å². The van der Waals surface area contributed by atoms with Crippen LogP contribution in [0.25, 0.3) is 0 Å². The normalized spacial score (nSPS) is 9.93. The molecular weight excluding hydrogens is 225 g/mol. The van der Waals surface area contributed by atoms with Gasteiger partial charge in [0.2, 0.25) is 0 Å². The molecule has 14 heavy (non-hydrogen) atoms. The Morgan fingerprint density at radius 2 is 2.14 bits per heavy atom. The molecule has 0 fully saturated rings. The van der Waals surface area contributed by atoms with Gasteiger partial charge in [0.1, 0.15) is 0 Å². The fraction of sp³-hybridized carbons (Fsp3) is 0.222. The molecule has 1 aromatic carbocycles. The highest BCUT2D eigenvalue weighted by atomic mass is 35.5. The van der Waals surface area contributed by atoms with Gasteiger partial charge in [0, 0.05) is 17.1 Å². The summed E-state index contributed by atoms with van der Waals surface area (Å²) in [5.74, 6) is 0.